The first-order valence-electron chi connectivity index (χ1n) is 6.28. The lowest BCUT2D eigenvalue weighted by Crippen LogP contribution is -2.13. The molecule has 2 rings (SSSR count). The van der Waals surface area contributed by atoms with Crippen LogP contribution in [0.5, 0.6) is 0 Å². The second-order valence-electron chi connectivity index (χ2n) is 4.76. The highest BCUT2D eigenvalue weighted by Crippen LogP contribution is 2.38. The first kappa shape index (κ1) is 12.3. The van der Waals surface area contributed by atoms with Crippen molar-refractivity contribution >= 4 is 23.1 Å². The third kappa shape index (κ3) is 3.17. The summed E-state index contributed by atoms with van der Waals surface area (Å²) in [6.45, 7) is 2.27. The molecule has 0 spiro atoms. The van der Waals surface area contributed by atoms with E-state index in [4.69, 9.17) is 11.6 Å². The predicted molar refractivity (Wildman–Crippen MR) is 69.1 cm³/mol. The van der Waals surface area contributed by atoms with Gasteiger partial charge in [0.1, 0.15) is 5.01 Å². The van der Waals surface area contributed by atoms with E-state index < -0.39 is 0 Å². The van der Waals surface area contributed by atoms with Crippen molar-refractivity contribution < 1.29 is 0 Å². The zero-order valence-electron chi connectivity index (χ0n) is 9.79. The number of rotatable bonds is 4. The first-order chi connectivity index (χ1) is 7.79. The lowest BCUT2D eigenvalue weighted by Gasteiger charge is -2.26. The maximum Gasteiger partial charge on any atom is 0.234 e. The minimum atomic E-state index is 0.424. The summed E-state index contributed by atoms with van der Waals surface area (Å²) in [6.07, 6.45) is 9.41. The third-order valence-corrected chi connectivity index (χ3v) is 4.72. The van der Waals surface area contributed by atoms with Gasteiger partial charge in [-0.25, -0.2) is 4.98 Å². The third-order valence-electron chi connectivity index (χ3n) is 3.58. The molecule has 0 bridgehead atoms. The molecule has 2 nitrogen and oxygen atoms in total. The molecule has 0 aliphatic heterocycles. The highest BCUT2D eigenvalue weighted by molar-refractivity contribution is 7.05. The highest BCUT2D eigenvalue weighted by Gasteiger charge is 2.24. The van der Waals surface area contributed by atoms with Crippen LogP contribution >= 0.6 is 23.1 Å². The minimum Gasteiger partial charge on any atom is -0.209 e. The molecular weight excluding hydrogens is 240 g/mol. The van der Waals surface area contributed by atoms with E-state index in [-0.39, 0.29) is 0 Å². The van der Waals surface area contributed by atoms with Gasteiger partial charge < -0.3 is 0 Å². The predicted octanol–water partition coefficient (Wildman–Crippen LogP) is 4.66. The standard InChI is InChI=1S/C12H19ClN2S/c1-2-3-4-9-5-7-10(8-6-9)11-14-12(13)15-16-11/h9-10H,2-8H2,1H3. The maximum atomic E-state index is 5.77. The van der Waals surface area contributed by atoms with Crippen molar-refractivity contribution in [2.45, 2.75) is 57.8 Å². The number of unbranched alkanes of at least 4 members (excludes halogenated alkanes) is 1. The Kier molecular flexibility index (Phi) is 4.59. The van der Waals surface area contributed by atoms with Crippen molar-refractivity contribution in [1.82, 2.24) is 9.36 Å². The molecule has 0 aromatic carbocycles. The SMILES string of the molecule is CCCCC1CCC(c2nc(Cl)ns2)CC1. The van der Waals surface area contributed by atoms with Crippen molar-refractivity contribution in [3.63, 3.8) is 0 Å². The molecule has 1 aromatic heterocycles. The molecule has 1 aromatic rings. The molecule has 90 valence electrons. The summed E-state index contributed by atoms with van der Waals surface area (Å²) in [6, 6.07) is 0. The lowest BCUT2D eigenvalue weighted by atomic mass is 9.80. The largest absolute Gasteiger partial charge is 0.234 e. The molecule has 0 amide bonds. The highest BCUT2D eigenvalue weighted by atomic mass is 35.5. The molecule has 1 aliphatic carbocycles. The molecule has 1 heterocycles. The Hall–Kier alpha value is -0.150. The van der Waals surface area contributed by atoms with E-state index in [9.17, 15) is 0 Å². The Balaban J connectivity index is 1.81. The molecular formula is C12H19ClN2S. The first-order valence-corrected chi connectivity index (χ1v) is 7.43. The van der Waals surface area contributed by atoms with Gasteiger partial charge in [0.05, 0.1) is 0 Å². The Morgan fingerprint density at radius 2 is 2.06 bits per heavy atom. The molecule has 1 aliphatic rings. The van der Waals surface area contributed by atoms with E-state index in [0.29, 0.717) is 11.2 Å². The maximum absolute atomic E-state index is 5.77. The summed E-state index contributed by atoms with van der Waals surface area (Å²) in [4.78, 5) is 4.29. The molecule has 0 saturated heterocycles. The molecule has 0 radical (unpaired) electrons. The van der Waals surface area contributed by atoms with Crippen LogP contribution in [-0.2, 0) is 0 Å². The van der Waals surface area contributed by atoms with Gasteiger partial charge in [-0.2, -0.15) is 4.37 Å². The summed E-state index contributed by atoms with van der Waals surface area (Å²) in [5.74, 6) is 1.59. The second kappa shape index (κ2) is 5.97. The van der Waals surface area contributed by atoms with E-state index in [1.54, 1.807) is 0 Å². The number of halogens is 1. The summed E-state index contributed by atoms with van der Waals surface area (Å²) >= 11 is 7.25. The lowest BCUT2D eigenvalue weighted by molar-refractivity contribution is 0.304. The molecule has 0 N–H and O–H groups in total. The van der Waals surface area contributed by atoms with Crippen LogP contribution < -0.4 is 0 Å². The van der Waals surface area contributed by atoms with Gasteiger partial charge in [0.25, 0.3) is 0 Å². The summed E-state index contributed by atoms with van der Waals surface area (Å²) in [5, 5.41) is 1.58. The fourth-order valence-corrected chi connectivity index (χ4v) is 3.54. The number of hydrogen-bond acceptors (Lipinski definition) is 3. The topological polar surface area (TPSA) is 25.8 Å². The van der Waals surface area contributed by atoms with Gasteiger partial charge in [-0.15, -0.1) is 0 Å². The minimum absolute atomic E-state index is 0.424. The fourth-order valence-electron chi connectivity index (χ4n) is 2.57. The number of hydrogen-bond donors (Lipinski definition) is 0. The van der Waals surface area contributed by atoms with Crippen LogP contribution in [0.4, 0.5) is 0 Å². The van der Waals surface area contributed by atoms with Crippen molar-refractivity contribution in [2.75, 3.05) is 0 Å². The van der Waals surface area contributed by atoms with Gasteiger partial charge in [0.15, 0.2) is 0 Å². The normalized spacial score (nSPS) is 25.9. The zero-order chi connectivity index (χ0) is 11.4. The molecule has 1 saturated carbocycles. The summed E-state index contributed by atoms with van der Waals surface area (Å²) < 4.78 is 4.06. The summed E-state index contributed by atoms with van der Waals surface area (Å²) in [5.41, 5.74) is 0. The van der Waals surface area contributed by atoms with Crippen molar-refractivity contribution in [3.05, 3.63) is 10.3 Å². The van der Waals surface area contributed by atoms with Gasteiger partial charge in [-0.05, 0) is 54.7 Å². The van der Waals surface area contributed by atoms with Crippen molar-refractivity contribution in [1.29, 1.82) is 0 Å². The van der Waals surface area contributed by atoms with E-state index in [1.165, 1.54) is 56.5 Å². The number of aromatic nitrogens is 2. The van der Waals surface area contributed by atoms with Crippen LogP contribution in [0.1, 0.15) is 62.8 Å². The van der Waals surface area contributed by atoms with E-state index in [0.717, 1.165) is 10.9 Å². The van der Waals surface area contributed by atoms with Gasteiger partial charge in [0, 0.05) is 5.92 Å². The monoisotopic (exact) mass is 258 g/mol. The van der Waals surface area contributed by atoms with Crippen LogP contribution in [0.2, 0.25) is 5.28 Å². The van der Waals surface area contributed by atoms with Gasteiger partial charge in [-0.3, -0.25) is 0 Å². The number of nitrogens with zero attached hydrogens (tertiary/aromatic N) is 2. The fraction of sp³-hybridized carbons (Fsp3) is 0.833. The van der Waals surface area contributed by atoms with Crippen LogP contribution in [0.15, 0.2) is 0 Å². The molecule has 16 heavy (non-hydrogen) atoms. The van der Waals surface area contributed by atoms with Crippen molar-refractivity contribution in [2.24, 2.45) is 5.92 Å². The Morgan fingerprint density at radius 3 is 2.62 bits per heavy atom. The van der Waals surface area contributed by atoms with Crippen LogP contribution in [0, 0.1) is 5.92 Å². The molecule has 0 unspecified atom stereocenters. The zero-order valence-corrected chi connectivity index (χ0v) is 11.4. The van der Waals surface area contributed by atoms with Crippen molar-refractivity contribution in [3.8, 4) is 0 Å². The molecule has 4 heteroatoms. The van der Waals surface area contributed by atoms with E-state index >= 15 is 0 Å². The summed E-state index contributed by atoms with van der Waals surface area (Å²) in [7, 11) is 0. The van der Waals surface area contributed by atoms with Gasteiger partial charge in [-0.1, -0.05) is 26.2 Å². The smallest absolute Gasteiger partial charge is 0.209 e. The Labute approximate surface area is 107 Å². The Morgan fingerprint density at radius 1 is 1.31 bits per heavy atom. The van der Waals surface area contributed by atoms with Crippen LogP contribution in [0.25, 0.3) is 0 Å². The quantitative estimate of drug-likeness (QED) is 0.785. The van der Waals surface area contributed by atoms with Crippen LogP contribution in [0.3, 0.4) is 0 Å². The van der Waals surface area contributed by atoms with Crippen LogP contribution in [-0.4, -0.2) is 9.36 Å². The molecule has 1 fully saturated rings. The van der Waals surface area contributed by atoms with Gasteiger partial charge in [0.2, 0.25) is 5.28 Å². The Bertz CT molecular complexity index is 319. The second-order valence-corrected chi connectivity index (χ2v) is 5.88. The van der Waals surface area contributed by atoms with Gasteiger partial charge >= 0.3 is 0 Å². The average molecular weight is 259 g/mol. The molecule has 0 atom stereocenters. The van der Waals surface area contributed by atoms with E-state index in [2.05, 4.69) is 16.3 Å². The van der Waals surface area contributed by atoms with E-state index in [1.807, 2.05) is 0 Å². The average Bonchev–Trinajstić information content (AvgIpc) is 2.74.